The van der Waals surface area contributed by atoms with Crippen LogP contribution in [0.1, 0.15) is 28.8 Å². The van der Waals surface area contributed by atoms with Crippen molar-refractivity contribution in [3.05, 3.63) is 81.2 Å². The van der Waals surface area contributed by atoms with E-state index in [0.717, 1.165) is 4.90 Å². The van der Waals surface area contributed by atoms with E-state index in [2.05, 4.69) is 5.32 Å². The summed E-state index contributed by atoms with van der Waals surface area (Å²) in [5.74, 6) is -2.20. The molecule has 0 unspecified atom stereocenters. The number of ether oxygens (including phenoxy) is 2. The largest absolute Gasteiger partial charge is 0.490 e. The van der Waals surface area contributed by atoms with Crippen LogP contribution in [0.3, 0.4) is 0 Å². The van der Waals surface area contributed by atoms with Crippen LogP contribution in [0.25, 0.3) is 6.08 Å². The Hall–Kier alpha value is -4.28. The Labute approximate surface area is 220 Å². The lowest BCUT2D eigenvalue weighted by atomic mass is 10.1. The van der Waals surface area contributed by atoms with Gasteiger partial charge in [0.2, 0.25) is 5.76 Å². The number of barbiturate groups is 1. The molecule has 0 aliphatic carbocycles. The summed E-state index contributed by atoms with van der Waals surface area (Å²) in [7, 11) is 0. The van der Waals surface area contributed by atoms with E-state index in [0.29, 0.717) is 29.4 Å². The zero-order valence-electron chi connectivity index (χ0n) is 19.1. The number of anilines is 1. The van der Waals surface area contributed by atoms with Crippen LogP contribution < -0.4 is 19.7 Å². The van der Waals surface area contributed by atoms with Crippen molar-refractivity contribution in [3.8, 4) is 11.5 Å². The molecule has 2 aromatic carbocycles. The molecule has 1 fully saturated rings. The van der Waals surface area contributed by atoms with Crippen molar-refractivity contribution >= 4 is 58.8 Å². The third-order valence-electron chi connectivity index (χ3n) is 5.08. The zero-order valence-corrected chi connectivity index (χ0v) is 20.6. The second-order valence-electron chi connectivity index (χ2n) is 7.56. The quantitative estimate of drug-likeness (QED) is 0.301. The molecule has 2 N–H and O–H groups in total. The molecule has 0 spiro atoms. The second-order valence-corrected chi connectivity index (χ2v) is 8.37. The van der Waals surface area contributed by atoms with Gasteiger partial charge in [-0.25, -0.2) is 14.5 Å². The van der Waals surface area contributed by atoms with E-state index >= 15 is 0 Å². The van der Waals surface area contributed by atoms with Gasteiger partial charge in [0, 0.05) is 0 Å². The van der Waals surface area contributed by atoms with Gasteiger partial charge in [-0.3, -0.25) is 14.9 Å². The molecule has 2 heterocycles. The van der Waals surface area contributed by atoms with Crippen LogP contribution in [0.5, 0.6) is 11.5 Å². The Morgan fingerprint density at radius 3 is 2.49 bits per heavy atom. The third kappa shape index (κ3) is 5.60. The van der Waals surface area contributed by atoms with E-state index in [1.165, 1.54) is 36.4 Å². The lowest BCUT2D eigenvalue weighted by Crippen LogP contribution is -2.54. The number of nitrogens with one attached hydrogen (secondary N) is 1. The number of urea groups is 1. The molecule has 3 aromatic rings. The highest BCUT2D eigenvalue weighted by atomic mass is 35.5. The van der Waals surface area contributed by atoms with Gasteiger partial charge in [-0.05, 0) is 61.0 Å². The number of furan rings is 1. The van der Waals surface area contributed by atoms with Crippen molar-refractivity contribution in [1.82, 2.24) is 5.32 Å². The predicted molar refractivity (Wildman–Crippen MR) is 133 cm³/mol. The fourth-order valence-electron chi connectivity index (χ4n) is 3.40. The van der Waals surface area contributed by atoms with Crippen LogP contribution in [0, 0.1) is 0 Å². The molecular weight excluding hydrogens is 527 g/mol. The SMILES string of the molecule is CCOc1cc(C=C2C(=O)NC(=O)N(c3ccc(Cl)c(Cl)c3)C2=O)ccc1OCc1ccc(C(=O)O)o1. The Morgan fingerprint density at radius 1 is 1.03 bits per heavy atom. The number of imide groups is 2. The summed E-state index contributed by atoms with van der Waals surface area (Å²) in [6.07, 6.45) is 1.31. The van der Waals surface area contributed by atoms with Gasteiger partial charge in [-0.2, -0.15) is 0 Å². The van der Waals surface area contributed by atoms with Gasteiger partial charge < -0.3 is 19.0 Å². The minimum absolute atomic E-state index is 0.0601. The molecule has 0 saturated carbocycles. The normalized spacial score (nSPS) is 14.6. The standard InChI is InChI=1S/C25H18Cl2N2O8/c1-2-35-21-10-13(3-7-19(21)36-12-15-5-8-20(37-15)24(32)33)9-16-22(30)28-25(34)29(23(16)31)14-4-6-17(26)18(27)11-14/h3-11H,2,12H2,1H3,(H,32,33)(H,28,30,34). The van der Waals surface area contributed by atoms with E-state index in [-0.39, 0.29) is 33.7 Å². The number of rotatable bonds is 8. The Morgan fingerprint density at radius 2 is 1.81 bits per heavy atom. The van der Waals surface area contributed by atoms with Crippen molar-refractivity contribution in [2.24, 2.45) is 0 Å². The number of aromatic carboxylic acids is 1. The minimum atomic E-state index is -1.20. The Bertz CT molecular complexity index is 1450. The highest BCUT2D eigenvalue weighted by molar-refractivity contribution is 6.43. The molecule has 0 radical (unpaired) electrons. The Balaban J connectivity index is 1.60. The molecule has 4 amide bonds. The van der Waals surface area contributed by atoms with E-state index in [1.807, 2.05) is 0 Å². The minimum Gasteiger partial charge on any atom is -0.490 e. The van der Waals surface area contributed by atoms with Crippen LogP contribution in [-0.2, 0) is 16.2 Å². The van der Waals surface area contributed by atoms with Gasteiger partial charge in [0.05, 0.1) is 22.3 Å². The molecule has 1 saturated heterocycles. The smallest absolute Gasteiger partial charge is 0.371 e. The van der Waals surface area contributed by atoms with Crippen molar-refractivity contribution in [2.45, 2.75) is 13.5 Å². The molecule has 1 aliphatic rings. The lowest BCUT2D eigenvalue weighted by Gasteiger charge is -2.26. The number of halogens is 2. The molecular formula is C25H18Cl2N2O8. The number of benzene rings is 2. The number of carbonyl (C=O) groups is 4. The summed E-state index contributed by atoms with van der Waals surface area (Å²) < 4.78 is 16.5. The summed E-state index contributed by atoms with van der Waals surface area (Å²) in [6.45, 7) is 1.99. The van der Waals surface area contributed by atoms with Crippen LogP contribution in [0.15, 0.2) is 58.5 Å². The maximum absolute atomic E-state index is 13.1. The summed E-state index contributed by atoms with van der Waals surface area (Å²) in [6, 6.07) is 10.8. The first-order chi connectivity index (χ1) is 17.7. The van der Waals surface area contributed by atoms with E-state index in [4.69, 9.17) is 42.2 Å². The van der Waals surface area contributed by atoms with Crippen LogP contribution in [-0.4, -0.2) is 35.5 Å². The predicted octanol–water partition coefficient (Wildman–Crippen LogP) is 4.93. The molecule has 1 aliphatic heterocycles. The van der Waals surface area contributed by atoms with Gasteiger partial charge in [0.1, 0.15) is 17.9 Å². The fraction of sp³-hybridized carbons (Fsp3) is 0.120. The number of hydrogen-bond acceptors (Lipinski definition) is 7. The number of carboxylic acids is 1. The fourth-order valence-corrected chi connectivity index (χ4v) is 3.70. The third-order valence-corrected chi connectivity index (χ3v) is 5.82. The average Bonchev–Trinajstić information content (AvgIpc) is 3.33. The molecule has 1 aromatic heterocycles. The first kappa shape index (κ1) is 25.8. The summed E-state index contributed by atoms with van der Waals surface area (Å²) in [5.41, 5.74) is 0.264. The molecule has 4 rings (SSSR count). The van der Waals surface area contributed by atoms with Gasteiger partial charge >= 0.3 is 12.0 Å². The van der Waals surface area contributed by atoms with Gasteiger partial charge in [-0.15, -0.1) is 0 Å². The lowest BCUT2D eigenvalue weighted by molar-refractivity contribution is -0.122. The maximum atomic E-state index is 13.1. The van der Waals surface area contributed by atoms with Crippen molar-refractivity contribution in [2.75, 3.05) is 11.5 Å². The highest BCUT2D eigenvalue weighted by Gasteiger charge is 2.37. The first-order valence-corrected chi connectivity index (χ1v) is 11.5. The molecule has 0 bridgehead atoms. The molecule has 10 nitrogen and oxygen atoms in total. The van der Waals surface area contributed by atoms with Crippen LogP contribution in [0.4, 0.5) is 10.5 Å². The summed E-state index contributed by atoms with van der Waals surface area (Å²) in [4.78, 5) is 49.8. The van der Waals surface area contributed by atoms with Crippen LogP contribution >= 0.6 is 23.2 Å². The van der Waals surface area contributed by atoms with E-state index in [9.17, 15) is 19.2 Å². The monoisotopic (exact) mass is 544 g/mol. The zero-order chi connectivity index (χ0) is 26.7. The second kappa shape index (κ2) is 10.8. The van der Waals surface area contributed by atoms with Gasteiger partial charge in [0.25, 0.3) is 11.8 Å². The van der Waals surface area contributed by atoms with Gasteiger partial charge in [-0.1, -0.05) is 29.3 Å². The summed E-state index contributed by atoms with van der Waals surface area (Å²) >= 11 is 11.9. The van der Waals surface area contributed by atoms with E-state index in [1.54, 1.807) is 25.1 Å². The topological polar surface area (TPSA) is 135 Å². The number of carbonyl (C=O) groups excluding carboxylic acids is 3. The molecule has 37 heavy (non-hydrogen) atoms. The van der Waals surface area contributed by atoms with Crippen molar-refractivity contribution in [1.29, 1.82) is 0 Å². The maximum Gasteiger partial charge on any atom is 0.371 e. The van der Waals surface area contributed by atoms with Crippen LogP contribution in [0.2, 0.25) is 10.0 Å². The summed E-state index contributed by atoms with van der Waals surface area (Å²) in [5, 5.41) is 11.5. The van der Waals surface area contributed by atoms with Gasteiger partial charge in [0.15, 0.2) is 11.5 Å². The molecule has 190 valence electrons. The first-order valence-electron chi connectivity index (χ1n) is 10.8. The van der Waals surface area contributed by atoms with Crippen molar-refractivity contribution in [3.63, 3.8) is 0 Å². The number of amides is 4. The number of nitrogens with zero attached hydrogens (tertiary/aromatic N) is 1. The number of carboxylic acid groups (broad SMARTS) is 1. The highest BCUT2D eigenvalue weighted by Crippen LogP contribution is 2.32. The molecule has 0 atom stereocenters. The average molecular weight is 545 g/mol. The molecule has 12 heteroatoms. The van der Waals surface area contributed by atoms with Crippen molar-refractivity contribution < 1.29 is 38.2 Å². The Kier molecular flexibility index (Phi) is 7.51. The van der Waals surface area contributed by atoms with E-state index < -0.39 is 23.8 Å². The number of hydrogen-bond donors (Lipinski definition) is 2.